The third-order valence-corrected chi connectivity index (χ3v) is 2.66. The first-order chi connectivity index (χ1) is 7.83. The summed E-state index contributed by atoms with van der Waals surface area (Å²) in [5, 5.41) is 11.7. The number of fused-ring (bicyclic) bond motifs is 3. The number of hydrogen-bond donors (Lipinski definition) is 0. The maximum absolute atomic E-state index is 12.0. The van der Waals surface area contributed by atoms with Crippen molar-refractivity contribution < 1.29 is 0 Å². The van der Waals surface area contributed by atoms with Gasteiger partial charge in [-0.2, -0.15) is 4.52 Å². The summed E-state index contributed by atoms with van der Waals surface area (Å²) in [4.78, 5) is 12.0. The smallest absolute Gasteiger partial charge is 0.263 e. The second-order valence-corrected chi connectivity index (χ2v) is 3.50. The van der Waals surface area contributed by atoms with Crippen LogP contribution in [0.5, 0.6) is 0 Å². The van der Waals surface area contributed by atoms with Gasteiger partial charge in [0, 0.05) is 0 Å². The molecule has 0 radical (unpaired) electrons. The summed E-state index contributed by atoms with van der Waals surface area (Å²) in [5.41, 5.74) is 0.488. The van der Waals surface area contributed by atoms with Gasteiger partial charge in [0.25, 0.3) is 11.3 Å². The predicted octanol–water partition coefficient (Wildman–Crippen LogP) is 0.635. The Morgan fingerprint density at radius 2 is 2.12 bits per heavy atom. The van der Waals surface area contributed by atoms with Crippen LogP contribution in [0.1, 0.15) is 0 Å². The summed E-state index contributed by atoms with van der Waals surface area (Å²) in [6, 6.07) is 7.15. The highest BCUT2D eigenvalue weighted by Gasteiger charge is 2.11. The average molecular weight is 236 g/mol. The standard InChI is InChI=1S/C9H6ClN5O/c10-5-14-8(16)6-3-1-2-4-7(6)15-9(14)11-12-13-15/h1-4H,5H2. The zero-order valence-electron chi connectivity index (χ0n) is 8.04. The molecule has 0 unspecified atom stereocenters. The number of nitrogens with zero attached hydrogens (tertiary/aromatic N) is 5. The third-order valence-electron chi connectivity index (χ3n) is 2.42. The number of hydrogen-bond acceptors (Lipinski definition) is 4. The van der Waals surface area contributed by atoms with Crippen LogP contribution in [0, 0.1) is 0 Å². The van der Waals surface area contributed by atoms with Crippen molar-refractivity contribution in [1.82, 2.24) is 24.6 Å². The van der Waals surface area contributed by atoms with Crippen LogP contribution in [0.2, 0.25) is 0 Å². The summed E-state index contributed by atoms with van der Waals surface area (Å²) < 4.78 is 2.82. The van der Waals surface area contributed by atoms with Gasteiger partial charge < -0.3 is 0 Å². The summed E-state index contributed by atoms with van der Waals surface area (Å²) >= 11 is 5.72. The predicted molar refractivity (Wildman–Crippen MR) is 58.4 cm³/mol. The topological polar surface area (TPSA) is 65.1 Å². The molecule has 0 aliphatic carbocycles. The van der Waals surface area contributed by atoms with E-state index in [4.69, 9.17) is 11.6 Å². The van der Waals surface area contributed by atoms with Crippen LogP contribution >= 0.6 is 11.6 Å². The van der Waals surface area contributed by atoms with Gasteiger partial charge in [0.2, 0.25) is 0 Å². The molecule has 1 aromatic carbocycles. The molecule has 7 heteroatoms. The van der Waals surface area contributed by atoms with E-state index >= 15 is 0 Å². The van der Waals surface area contributed by atoms with Crippen molar-refractivity contribution in [3.05, 3.63) is 34.6 Å². The molecule has 0 bridgehead atoms. The van der Waals surface area contributed by atoms with E-state index in [0.29, 0.717) is 16.7 Å². The van der Waals surface area contributed by atoms with Crippen LogP contribution in [-0.2, 0) is 6.00 Å². The first kappa shape index (κ1) is 9.29. The molecule has 0 saturated carbocycles. The molecule has 0 fully saturated rings. The molecular weight excluding hydrogens is 230 g/mol. The number of para-hydroxylation sites is 1. The zero-order chi connectivity index (χ0) is 11.1. The number of benzene rings is 1. The lowest BCUT2D eigenvalue weighted by Gasteiger charge is -2.04. The summed E-state index contributed by atoms with van der Waals surface area (Å²) in [6.07, 6.45) is 0. The molecule has 2 heterocycles. The van der Waals surface area contributed by atoms with Crippen molar-refractivity contribution in [3.63, 3.8) is 0 Å². The molecule has 6 nitrogen and oxygen atoms in total. The fraction of sp³-hybridized carbons (Fsp3) is 0.111. The Morgan fingerprint density at radius 1 is 1.31 bits per heavy atom. The summed E-state index contributed by atoms with van der Waals surface area (Å²) in [6.45, 7) is 0. The quantitative estimate of drug-likeness (QED) is 0.581. The Balaban J connectivity index is 2.69. The second kappa shape index (κ2) is 3.28. The Hall–Kier alpha value is -1.95. The van der Waals surface area contributed by atoms with Crippen LogP contribution in [0.15, 0.2) is 29.1 Å². The van der Waals surface area contributed by atoms with Gasteiger partial charge >= 0.3 is 0 Å². The molecule has 16 heavy (non-hydrogen) atoms. The number of rotatable bonds is 1. The van der Waals surface area contributed by atoms with Crippen LogP contribution in [0.4, 0.5) is 0 Å². The maximum atomic E-state index is 12.0. The molecule has 0 N–H and O–H groups in total. The number of alkyl halides is 1. The molecule has 3 rings (SSSR count). The van der Waals surface area contributed by atoms with Crippen molar-refractivity contribution in [2.45, 2.75) is 6.00 Å². The number of halogens is 1. The fourth-order valence-electron chi connectivity index (χ4n) is 1.69. The first-order valence-electron chi connectivity index (χ1n) is 4.58. The van der Waals surface area contributed by atoms with E-state index in [9.17, 15) is 4.79 Å². The van der Waals surface area contributed by atoms with Gasteiger partial charge in [0.05, 0.1) is 10.9 Å². The van der Waals surface area contributed by atoms with Crippen LogP contribution in [-0.4, -0.2) is 24.6 Å². The van der Waals surface area contributed by atoms with Gasteiger partial charge in [-0.25, -0.2) is 0 Å². The van der Waals surface area contributed by atoms with E-state index in [1.54, 1.807) is 18.2 Å². The van der Waals surface area contributed by atoms with E-state index in [2.05, 4.69) is 15.5 Å². The fourth-order valence-corrected chi connectivity index (χ4v) is 1.91. The van der Waals surface area contributed by atoms with Crippen LogP contribution in [0.25, 0.3) is 16.7 Å². The van der Waals surface area contributed by atoms with E-state index in [-0.39, 0.29) is 11.6 Å². The van der Waals surface area contributed by atoms with Gasteiger partial charge in [-0.15, -0.1) is 11.6 Å². The first-order valence-corrected chi connectivity index (χ1v) is 5.12. The van der Waals surface area contributed by atoms with Crippen molar-refractivity contribution in [1.29, 1.82) is 0 Å². The van der Waals surface area contributed by atoms with E-state index in [0.717, 1.165) is 0 Å². The highest BCUT2D eigenvalue weighted by Crippen LogP contribution is 2.10. The van der Waals surface area contributed by atoms with Gasteiger partial charge in [0.15, 0.2) is 0 Å². The Morgan fingerprint density at radius 3 is 2.94 bits per heavy atom. The van der Waals surface area contributed by atoms with Crippen molar-refractivity contribution >= 4 is 28.3 Å². The van der Waals surface area contributed by atoms with Crippen LogP contribution < -0.4 is 5.56 Å². The highest BCUT2D eigenvalue weighted by atomic mass is 35.5. The van der Waals surface area contributed by atoms with Crippen molar-refractivity contribution in [3.8, 4) is 0 Å². The number of aromatic nitrogens is 5. The van der Waals surface area contributed by atoms with Gasteiger partial charge in [-0.1, -0.05) is 17.2 Å². The Labute approximate surface area is 94.1 Å². The molecule has 2 aromatic heterocycles. The lowest BCUT2D eigenvalue weighted by Crippen LogP contribution is -2.21. The molecule has 80 valence electrons. The average Bonchev–Trinajstić information content (AvgIpc) is 2.79. The van der Waals surface area contributed by atoms with Gasteiger partial charge in [0.1, 0.15) is 6.00 Å². The normalized spacial score (nSPS) is 11.3. The second-order valence-electron chi connectivity index (χ2n) is 3.26. The minimum Gasteiger partial charge on any atom is -0.268 e. The molecule has 0 saturated heterocycles. The van der Waals surface area contributed by atoms with E-state index in [1.807, 2.05) is 6.07 Å². The van der Waals surface area contributed by atoms with E-state index in [1.165, 1.54) is 9.08 Å². The molecule has 0 aliphatic heterocycles. The highest BCUT2D eigenvalue weighted by molar-refractivity contribution is 6.15. The molecule has 0 atom stereocenters. The summed E-state index contributed by atoms with van der Waals surface area (Å²) in [5.74, 6) is 0.346. The van der Waals surface area contributed by atoms with Crippen LogP contribution in [0.3, 0.4) is 0 Å². The third kappa shape index (κ3) is 1.07. The maximum Gasteiger partial charge on any atom is 0.263 e. The monoisotopic (exact) mass is 235 g/mol. The minimum atomic E-state index is -0.187. The SMILES string of the molecule is O=c1c2ccccc2n2nnnc2n1CCl. The Bertz CT molecular complexity index is 731. The molecule has 3 aromatic rings. The zero-order valence-corrected chi connectivity index (χ0v) is 8.79. The lowest BCUT2D eigenvalue weighted by molar-refractivity contribution is 0.809. The molecule has 0 spiro atoms. The number of tetrazole rings is 1. The molecule has 0 aliphatic rings. The molecule has 0 amide bonds. The molecular formula is C9H6ClN5O. The van der Waals surface area contributed by atoms with Gasteiger partial charge in [-0.05, 0) is 22.6 Å². The van der Waals surface area contributed by atoms with E-state index < -0.39 is 0 Å². The van der Waals surface area contributed by atoms with Gasteiger partial charge in [-0.3, -0.25) is 9.36 Å². The van der Waals surface area contributed by atoms with Crippen molar-refractivity contribution in [2.24, 2.45) is 0 Å². The minimum absolute atomic E-state index is 0.0214. The van der Waals surface area contributed by atoms with Crippen molar-refractivity contribution in [2.75, 3.05) is 0 Å². The summed E-state index contributed by atoms with van der Waals surface area (Å²) in [7, 11) is 0. The largest absolute Gasteiger partial charge is 0.268 e. The Kier molecular flexibility index (Phi) is 1.90. The lowest BCUT2D eigenvalue weighted by atomic mass is 10.2.